The largest absolute Gasteiger partial charge is 0.478 e. The van der Waals surface area contributed by atoms with Gasteiger partial charge in [-0.1, -0.05) is 0 Å². The van der Waals surface area contributed by atoms with Crippen molar-refractivity contribution in [2.24, 2.45) is 0 Å². The SMILES string of the molecule is Cc1nc(C(=O)N(CCO)c2ccc(C(=O)O)cc2)n[nH]1. The Morgan fingerprint density at radius 3 is 2.43 bits per heavy atom. The molecule has 0 atom stereocenters. The molecule has 0 saturated heterocycles. The topological polar surface area (TPSA) is 119 Å². The number of aromatic nitrogens is 3. The number of nitrogens with zero attached hydrogens (tertiary/aromatic N) is 3. The lowest BCUT2D eigenvalue weighted by Crippen LogP contribution is -2.34. The highest BCUT2D eigenvalue weighted by Crippen LogP contribution is 2.17. The molecule has 0 aliphatic heterocycles. The van der Waals surface area contributed by atoms with E-state index in [1.165, 1.54) is 29.2 Å². The minimum Gasteiger partial charge on any atom is -0.478 e. The van der Waals surface area contributed by atoms with Crippen LogP contribution in [0.5, 0.6) is 0 Å². The maximum Gasteiger partial charge on any atom is 0.335 e. The van der Waals surface area contributed by atoms with Gasteiger partial charge in [0.1, 0.15) is 5.82 Å². The zero-order valence-electron chi connectivity index (χ0n) is 11.3. The maximum atomic E-state index is 12.3. The van der Waals surface area contributed by atoms with Crippen molar-refractivity contribution in [3.05, 3.63) is 41.5 Å². The van der Waals surface area contributed by atoms with E-state index in [2.05, 4.69) is 15.2 Å². The summed E-state index contributed by atoms with van der Waals surface area (Å²) in [4.78, 5) is 28.4. The second-order valence-corrected chi connectivity index (χ2v) is 4.28. The second-order valence-electron chi connectivity index (χ2n) is 4.28. The van der Waals surface area contributed by atoms with Gasteiger partial charge >= 0.3 is 5.97 Å². The summed E-state index contributed by atoms with van der Waals surface area (Å²) in [6.45, 7) is 1.48. The number of carbonyl (C=O) groups is 2. The van der Waals surface area contributed by atoms with Crippen LogP contribution in [0.1, 0.15) is 26.8 Å². The van der Waals surface area contributed by atoms with Crippen LogP contribution in [0.2, 0.25) is 0 Å². The average molecular weight is 290 g/mol. The lowest BCUT2D eigenvalue weighted by atomic mass is 10.2. The van der Waals surface area contributed by atoms with Crippen LogP contribution >= 0.6 is 0 Å². The molecule has 8 heteroatoms. The third kappa shape index (κ3) is 3.23. The first-order valence-corrected chi connectivity index (χ1v) is 6.18. The number of anilines is 1. The Morgan fingerprint density at radius 2 is 1.95 bits per heavy atom. The molecule has 1 heterocycles. The number of benzene rings is 1. The first-order chi connectivity index (χ1) is 10.0. The number of carboxylic acids is 1. The summed E-state index contributed by atoms with van der Waals surface area (Å²) in [5.74, 6) is -1.03. The van der Waals surface area contributed by atoms with Gasteiger partial charge in [0.25, 0.3) is 5.91 Å². The van der Waals surface area contributed by atoms with E-state index >= 15 is 0 Å². The fourth-order valence-electron chi connectivity index (χ4n) is 1.79. The zero-order chi connectivity index (χ0) is 15.4. The Labute approximate surface area is 120 Å². The summed E-state index contributed by atoms with van der Waals surface area (Å²) in [6, 6.07) is 5.77. The molecule has 0 aliphatic carbocycles. The first-order valence-electron chi connectivity index (χ1n) is 6.18. The summed E-state index contributed by atoms with van der Waals surface area (Å²) in [7, 11) is 0. The number of carboxylic acid groups (broad SMARTS) is 1. The fraction of sp³-hybridized carbons (Fsp3) is 0.231. The van der Waals surface area contributed by atoms with E-state index in [1.54, 1.807) is 6.92 Å². The van der Waals surface area contributed by atoms with Gasteiger partial charge in [-0.2, -0.15) is 0 Å². The van der Waals surface area contributed by atoms with Crippen LogP contribution in [-0.2, 0) is 0 Å². The minimum atomic E-state index is -1.05. The van der Waals surface area contributed by atoms with Gasteiger partial charge in [-0.25, -0.2) is 9.78 Å². The molecule has 21 heavy (non-hydrogen) atoms. The van der Waals surface area contributed by atoms with E-state index in [9.17, 15) is 9.59 Å². The first kappa shape index (κ1) is 14.7. The monoisotopic (exact) mass is 290 g/mol. The Morgan fingerprint density at radius 1 is 1.29 bits per heavy atom. The molecule has 0 radical (unpaired) electrons. The van der Waals surface area contributed by atoms with Gasteiger partial charge in [-0.3, -0.25) is 9.89 Å². The van der Waals surface area contributed by atoms with E-state index in [0.717, 1.165) is 0 Å². The number of H-pyrrole nitrogens is 1. The molecule has 2 aromatic rings. The van der Waals surface area contributed by atoms with E-state index in [1.807, 2.05) is 0 Å². The van der Waals surface area contributed by atoms with Crippen LogP contribution in [0.25, 0.3) is 0 Å². The molecular formula is C13H14N4O4. The molecule has 110 valence electrons. The molecule has 0 spiro atoms. The fourth-order valence-corrected chi connectivity index (χ4v) is 1.79. The number of aromatic amines is 1. The van der Waals surface area contributed by atoms with Crippen LogP contribution < -0.4 is 4.90 Å². The molecule has 3 N–H and O–H groups in total. The molecule has 1 aromatic heterocycles. The van der Waals surface area contributed by atoms with Gasteiger partial charge in [0.05, 0.1) is 12.2 Å². The van der Waals surface area contributed by atoms with Gasteiger partial charge in [0, 0.05) is 12.2 Å². The van der Waals surface area contributed by atoms with Crippen LogP contribution in [0.3, 0.4) is 0 Å². The van der Waals surface area contributed by atoms with Crippen LogP contribution in [0.4, 0.5) is 5.69 Å². The molecule has 8 nitrogen and oxygen atoms in total. The van der Waals surface area contributed by atoms with Crippen LogP contribution in [0, 0.1) is 6.92 Å². The molecule has 1 aromatic carbocycles. The Hall–Kier alpha value is -2.74. The standard InChI is InChI=1S/C13H14N4O4/c1-8-14-11(16-15-8)12(19)17(6-7-18)10-4-2-9(3-5-10)13(20)21/h2-5,18H,6-7H2,1H3,(H,20,21)(H,14,15,16). The Kier molecular flexibility index (Phi) is 4.29. The lowest BCUT2D eigenvalue weighted by Gasteiger charge is -2.20. The van der Waals surface area contributed by atoms with Gasteiger partial charge in [-0.05, 0) is 31.2 Å². The summed E-state index contributed by atoms with van der Waals surface area (Å²) in [5.41, 5.74) is 0.574. The van der Waals surface area contributed by atoms with Crippen LogP contribution in [-0.4, -0.2) is 50.4 Å². The normalized spacial score (nSPS) is 10.4. The van der Waals surface area contributed by atoms with Crippen molar-refractivity contribution in [3.63, 3.8) is 0 Å². The van der Waals surface area contributed by atoms with Gasteiger partial charge in [0.15, 0.2) is 0 Å². The quantitative estimate of drug-likeness (QED) is 0.735. The molecule has 0 unspecified atom stereocenters. The number of aliphatic hydroxyl groups is 1. The number of nitrogens with one attached hydrogen (secondary N) is 1. The number of aryl methyl sites for hydroxylation is 1. The van der Waals surface area contributed by atoms with Crippen molar-refractivity contribution >= 4 is 17.6 Å². The number of amides is 1. The number of hydrogen-bond donors (Lipinski definition) is 3. The van der Waals surface area contributed by atoms with E-state index in [0.29, 0.717) is 11.5 Å². The van der Waals surface area contributed by atoms with Crippen molar-refractivity contribution in [3.8, 4) is 0 Å². The van der Waals surface area contributed by atoms with Gasteiger partial charge in [0.2, 0.25) is 5.82 Å². The van der Waals surface area contributed by atoms with Crippen molar-refractivity contribution in [1.29, 1.82) is 0 Å². The third-order valence-corrected chi connectivity index (χ3v) is 2.78. The predicted molar refractivity (Wildman–Crippen MR) is 73.3 cm³/mol. The van der Waals surface area contributed by atoms with Crippen molar-refractivity contribution in [1.82, 2.24) is 15.2 Å². The predicted octanol–water partition coefficient (Wildman–Crippen LogP) is 0.450. The zero-order valence-corrected chi connectivity index (χ0v) is 11.3. The molecule has 2 rings (SSSR count). The summed E-state index contributed by atoms with van der Waals surface area (Å²) in [5, 5.41) is 24.3. The summed E-state index contributed by atoms with van der Waals surface area (Å²) < 4.78 is 0. The smallest absolute Gasteiger partial charge is 0.335 e. The molecule has 0 fully saturated rings. The summed E-state index contributed by atoms with van der Waals surface area (Å²) in [6.07, 6.45) is 0. The molecule has 0 bridgehead atoms. The third-order valence-electron chi connectivity index (χ3n) is 2.78. The van der Waals surface area contributed by atoms with Gasteiger partial charge < -0.3 is 15.1 Å². The molecular weight excluding hydrogens is 276 g/mol. The number of aliphatic hydroxyl groups excluding tert-OH is 1. The molecule has 1 amide bonds. The minimum absolute atomic E-state index is 0.0109. The van der Waals surface area contributed by atoms with E-state index < -0.39 is 11.9 Å². The maximum absolute atomic E-state index is 12.3. The number of aromatic carboxylic acids is 1. The average Bonchev–Trinajstić information content (AvgIpc) is 2.91. The van der Waals surface area contributed by atoms with Crippen LogP contribution in [0.15, 0.2) is 24.3 Å². The highest BCUT2D eigenvalue weighted by atomic mass is 16.4. The molecule has 0 aliphatic rings. The lowest BCUT2D eigenvalue weighted by molar-refractivity contribution is 0.0696. The summed E-state index contributed by atoms with van der Waals surface area (Å²) >= 11 is 0. The highest BCUT2D eigenvalue weighted by molar-refractivity contribution is 6.03. The van der Waals surface area contributed by atoms with Gasteiger partial charge in [-0.15, -0.1) is 5.10 Å². The Balaban J connectivity index is 2.29. The van der Waals surface area contributed by atoms with Crippen molar-refractivity contribution in [2.45, 2.75) is 6.92 Å². The second kappa shape index (κ2) is 6.14. The van der Waals surface area contributed by atoms with Crippen molar-refractivity contribution in [2.75, 3.05) is 18.1 Å². The number of hydrogen-bond acceptors (Lipinski definition) is 5. The number of carbonyl (C=O) groups excluding carboxylic acids is 1. The Bertz CT molecular complexity index is 650. The number of rotatable bonds is 5. The highest BCUT2D eigenvalue weighted by Gasteiger charge is 2.21. The van der Waals surface area contributed by atoms with E-state index in [4.69, 9.17) is 10.2 Å². The molecule has 0 saturated carbocycles. The van der Waals surface area contributed by atoms with Crippen molar-refractivity contribution < 1.29 is 19.8 Å². The van der Waals surface area contributed by atoms with E-state index in [-0.39, 0.29) is 24.5 Å².